The van der Waals surface area contributed by atoms with E-state index in [1.807, 2.05) is 12.1 Å². The highest BCUT2D eigenvalue weighted by atomic mass is 16.5. The van der Waals surface area contributed by atoms with Crippen LogP contribution >= 0.6 is 0 Å². The molecule has 1 aromatic rings. The fourth-order valence-corrected chi connectivity index (χ4v) is 2.61. The van der Waals surface area contributed by atoms with Crippen molar-refractivity contribution in [1.82, 2.24) is 0 Å². The second kappa shape index (κ2) is 4.23. The highest BCUT2D eigenvalue weighted by Gasteiger charge is 2.33. The highest BCUT2D eigenvalue weighted by Crippen LogP contribution is 2.40. The van der Waals surface area contributed by atoms with Gasteiger partial charge in [0.25, 0.3) is 0 Å². The van der Waals surface area contributed by atoms with Crippen LogP contribution in [0, 0.1) is 0 Å². The van der Waals surface area contributed by atoms with Crippen LogP contribution in [0.4, 0.5) is 0 Å². The van der Waals surface area contributed by atoms with Gasteiger partial charge in [-0.25, -0.2) is 0 Å². The van der Waals surface area contributed by atoms with E-state index in [9.17, 15) is 0 Å². The van der Waals surface area contributed by atoms with Crippen molar-refractivity contribution in [3.05, 3.63) is 29.8 Å². The lowest BCUT2D eigenvalue weighted by Gasteiger charge is -2.27. The largest absolute Gasteiger partial charge is 0.497 e. The first kappa shape index (κ1) is 10.5. The predicted molar refractivity (Wildman–Crippen MR) is 62.2 cm³/mol. The van der Waals surface area contributed by atoms with Gasteiger partial charge in [0, 0.05) is 12.0 Å². The molecule has 1 fully saturated rings. The van der Waals surface area contributed by atoms with Crippen LogP contribution in [0.25, 0.3) is 0 Å². The van der Waals surface area contributed by atoms with E-state index in [4.69, 9.17) is 10.5 Å². The van der Waals surface area contributed by atoms with Crippen molar-refractivity contribution in [3.63, 3.8) is 0 Å². The van der Waals surface area contributed by atoms with E-state index in [2.05, 4.69) is 12.1 Å². The number of rotatable bonds is 3. The lowest BCUT2D eigenvalue weighted by molar-refractivity contribution is 0.412. The first-order chi connectivity index (χ1) is 7.30. The van der Waals surface area contributed by atoms with Crippen LogP contribution in [0.2, 0.25) is 0 Å². The Morgan fingerprint density at radius 3 is 2.27 bits per heavy atom. The molecule has 2 N–H and O–H groups in total. The molecule has 0 aromatic heterocycles. The van der Waals surface area contributed by atoms with E-state index in [1.165, 1.54) is 31.2 Å². The molecule has 1 saturated carbocycles. The molecular weight excluding hydrogens is 186 g/mol. The van der Waals surface area contributed by atoms with Crippen molar-refractivity contribution < 1.29 is 4.74 Å². The van der Waals surface area contributed by atoms with Crippen LogP contribution in [0.15, 0.2) is 24.3 Å². The zero-order chi connectivity index (χ0) is 10.7. The van der Waals surface area contributed by atoms with Crippen molar-refractivity contribution in [2.24, 2.45) is 5.73 Å². The summed E-state index contributed by atoms with van der Waals surface area (Å²) in [6.45, 7) is 0.763. The molecule has 1 aromatic carbocycles. The smallest absolute Gasteiger partial charge is 0.118 e. The van der Waals surface area contributed by atoms with Crippen molar-refractivity contribution >= 4 is 0 Å². The van der Waals surface area contributed by atoms with Crippen LogP contribution in [-0.2, 0) is 5.41 Å². The second-order valence-corrected chi connectivity index (χ2v) is 4.42. The molecule has 2 rings (SSSR count). The zero-order valence-corrected chi connectivity index (χ0v) is 9.33. The molecule has 0 atom stereocenters. The standard InChI is InChI=1S/C13H19NO/c1-15-12-6-4-11(5-7-12)13(10-14)8-2-3-9-13/h4-7H,2-3,8-10,14H2,1H3. The number of benzene rings is 1. The van der Waals surface area contributed by atoms with E-state index in [0.29, 0.717) is 0 Å². The maximum atomic E-state index is 5.94. The Kier molecular flexibility index (Phi) is 2.96. The fraction of sp³-hybridized carbons (Fsp3) is 0.538. The van der Waals surface area contributed by atoms with Crippen LogP contribution in [-0.4, -0.2) is 13.7 Å². The average molecular weight is 205 g/mol. The molecule has 2 nitrogen and oxygen atoms in total. The van der Waals surface area contributed by atoms with Crippen LogP contribution in [0.3, 0.4) is 0 Å². The van der Waals surface area contributed by atoms with E-state index in [1.54, 1.807) is 7.11 Å². The first-order valence-corrected chi connectivity index (χ1v) is 5.65. The minimum absolute atomic E-state index is 0.242. The van der Waals surface area contributed by atoms with Crippen molar-refractivity contribution in [1.29, 1.82) is 0 Å². The summed E-state index contributed by atoms with van der Waals surface area (Å²) in [6.07, 6.45) is 5.08. The number of methoxy groups -OCH3 is 1. The Hall–Kier alpha value is -1.02. The molecule has 1 aliphatic rings. The molecule has 0 spiro atoms. The normalized spacial score (nSPS) is 19.1. The van der Waals surface area contributed by atoms with Gasteiger partial charge in [-0.1, -0.05) is 25.0 Å². The van der Waals surface area contributed by atoms with Gasteiger partial charge >= 0.3 is 0 Å². The van der Waals surface area contributed by atoms with Gasteiger partial charge in [-0.05, 0) is 30.5 Å². The third kappa shape index (κ3) is 1.86. The van der Waals surface area contributed by atoms with Crippen LogP contribution < -0.4 is 10.5 Å². The molecule has 0 bridgehead atoms. The summed E-state index contributed by atoms with van der Waals surface area (Å²) in [5.41, 5.74) is 7.56. The summed E-state index contributed by atoms with van der Waals surface area (Å²) in [4.78, 5) is 0. The Labute approximate surface area is 91.4 Å². The molecule has 0 saturated heterocycles. The highest BCUT2D eigenvalue weighted by molar-refractivity contribution is 5.33. The van der Waals surface area contributed by atoms with Crippen LogP contribution in [0.1, 0.15) is 31.2 Å². The van der Waals surface area contributed by atoms with E-state index in [0.717, 1.165) is 12.3 Å². The Balaban J connectivity index is 2.26. The van der Waals surface area contributed by atoms with Crippen molar-refractivity contribution in [3.8, 4) is 5.75 Å². The Morgan fingerprint density at radius 2 is 1.80 bits per heavy atom. The van der Waals surface area contributed by atoms with Gasteiger partial charge in [-0.15, -0.1) is 0 Å². The molecular formula is C13H19NO. The molecule has 0 amide bonds. The average Bonchev–Trinajstić information content (AvgIpc) is 2.79. The van der Waals surface area contributed by atoms with E-state index >= 15 is 0 Å². The molecule has 15 heavy (non-hydrogen) atoms. The molecule has 0 unspecified atom stereocenters. The maximum absolute atomic E-state index is 5.94. The molecule has 0 heterocycles. The third-order valence-corrected chi connectivity index (χ3v) is 3.65. The van der Waals surface area contributed by atoms with Crippen LogP contribution in [0.5, 0.6) is 5.75 Å². The lowest BCUT2D eigenvalue weighted by Crippen LogP contribution is -2.31. The summed E-state index contributed by atoms with van der Waals surface area (Å²) >= 11 is 0. The fourth-order valence-electron chi connectivity index (χ4n) is 2.61. The molecule has 0 radical (unpaired) electrons. The second-order valence-electron chi connectivity index (χ2n) is 4.42. The minimum Gasteiger partial charge on any atom is -0.497 e. The minimum atomic E-state index is 0.242. The summed E-state index contributed by atoms with van der Waals surface area (Å²) in [5, 5.41) is 0. The van der Waals surface area contributed by atoms with E-state index in [-0.39, 0.29) is 5.41 Å². The van der Waals surface area contributed by atoms with Gasteiger partial charge in [0.2, 0.25) is 0 Å². The molecule has 82 valence electrons. The lowest BCUT2D eigenvalue weighted by atomic mass is 9.79. The summed E-state index contributed by atoms with van der Waals surface area (Å²) in [6, 6.07) is 8.39. The quantitative estimate of drug-likeness (QED) is 0.822. The van der Waals surface area contributed by atoms with Gasteiger partial charge in [-0.3, -0.25) is 0 Å². The summed E-state index contributed by atoms with van der Waals surface area (Å²) in [5.74, 6) is 0.920. The van der Waals surface area contributed by atoms with Gasteiger partial charge in [-0.2, -0.15) is 0 Å². The maximum Gasteiger partial charge on any atom is 0.118 e. The number of hydrogen-bond acceptors (Lipinski definition) is 2. The van der Waals surface area contributed by atoms with Gasteiger partial charge < -0.3 is 10.5 Å². The topological polar surface area (TPSA) is 35.2 Å². The molecule has 1 aliphatic carbocycles. The number of ether oxygens (including phenoxy) is 1. The van der Waals surface area contributed by atoms with Crippen molar-refractivity contribution in [2.45, 2.75) is 31.1 Å². The van der Waals surface area contributed by atoms with E-state index < -0.39 is 0 Å². The predicted octanol–water partition coefficient (Wildman–Crippen LogP) is 2.47. The zero-order valence-electron chi connectivity index (χ0n) is 9.33. The number of hydrogen-bond donors (Lipinski definition) is 1. The van der Waals surface area contributed by atoms with Gasteiger partial charge in [0.1, 0.15) is 5.75 Å². The summed E-state index contributed by atoms with van der Waals surface area (Å²) < 4.78 is 5.17. The van der Waals surface area contributed by atoms with Crippen molar-refractivity contribution in [2.75, 3.05) is 13.7 Å². The SMILES string of the molecule is COc1ccc(C2(CN)CCCC2)cc1. The van der Waals surface area contributed by atoms with Gasteiger partial charge in [0.05, 0.1) is 7.11 Å². The monoisotopic (exact) mass is 205 g/mol. The molecule has 2 heteroatoms. The Bertz CT molecular complexity index is 312. The third-order valence-electron chi connectivity index (χ3n) is 3.65. The van der Waals surface area contributed by atoms with Gasteiger partial charge in [0.15, 0.2) is 0 Å². The number of nitrogens with two attached hydrogens (primary N) is 1. The first-order valence-electron chi connectivity index (χ1n) is 5.65. The summed E-state index contributed by atoms with van der Waals surface area (Å²) in [7, 11) is 1.70. The molecule has 0 aliphatic heterocycles. The Morgan fingerprint density at radius 1 is 1.20 bits per heavy atom.